The number of nitrogens with zero attached hydrogens (tertiary/aromatic N) is 2. The largest absolute Gasteiger partial charge is 0.349 e. The van der Waals surface area contributed by atoms with Crippen LogP contribution in [0.4, 0.5) is 0 Å². The number of aryl methyl sites for hydroxylation is 1. The average Bonchev–Trinajstić information content (AvgIpc) is 3.74. The lowest BCUT2D eigenvalue weighted by molar-refractivity contribution is -0.138. The van der Waals surface area contributed by atoms with Crippen LogP contribution in [-0.4, -0.2) is 79.8 Å². The zero-order chi connectivity index (χ0) is 28.9. The maximum Gasteiger partial charge on any atom is 0.275 e. The third-order valence-electron chi connectivity index (χ3n) is 6.79. The van der Waals surface area contributed by atoms with E-state index in [4.69, 9.17) is 9.57 Å². The first-order valence-electron chi connectivity index (χ1n) is 13.3. The molecule has 40 heavy (non-hydrogen) atoms. The minimum Gasteiger partial charge on any atom is -0.349 e. The van der Waals surface area contributed by atoms with Crippen molar-refractivity contribution in [2.75, 3.05) is 26.2 Å². The Bertz CT molecular complexity index is 1290. The van der Waals surface area contributed by atoms with Crippen LogP contribution >= 0.6 is 0 Å². The van der Waals surface area contributed by atoms with E-state index >= 15 is 0 Å². The third-order valence-corrected chi connectivity index (χ3v) is 8.71. The molecule has 0 saturated carbocycles. The summed E-state index contributed by atoms with van der Waals surface area (Å²) in [6, 6.07) is 15.1. The Morgan fingerprint density at radius 2 is 1.57 bits per heavy atom. The van der Waals surface area contributed by atoms with Gasteiger partial charge in [-0.05, 0) is 37.0 Å². The molecule has 2 aliphatic heterocycles. The minimum atomic E-state index is -3.67. The van der Waals surface area contributed by atoms with Gasteiger partial charge < -0.3 is 15.0 Å². The number of carbonyl (C=O) groups excluding carboxylic acids is 3. The van der Waals surface area contributed by atoms with Gasteiger partial charge in [0.1, 0.15) is 6.04 Å². The summed E-state index contributed by atoms with van der Waals surface area (Å²) in [6.07, 6.45) is -1.63. The molecule has 2 saturated heterocycles. The van der Waals surface area contributed by atoms with Gasteiger partial charge in [-0.25, -0.2) is 13.9 Å². The molecule has 0 spiro atoms. The molecule has 2 aromatic carbocycles. The molecule has 2 aromatic rings. The summed E-state index contributed by atoms with van der Waals surface area (Å²) < 4.78 is 32.7. The fraction of sp³-hybridized carbons (Fsp3) is 0.464. The summed E-state index contributed by atoms with van der Waals surface area (Å²) in [6.45, 7) is 6.65. The predicted molar refractivity (Wildman–Crippen MR) is 146 cm³/mol. The van der Waals surface area contributed by atoms with Crippen molar-refractivity contribution < 1.29 is 32.4 Å². The monoisotopic (exact) mass is 572 g/mol. The Morgan fingerprint density at radius 1 is 0.950 bits per heavy atom. The van der Waals surface area contributed by atoms with E-state index in [-0.39, 0.29) is 49.5 Å². The van der Waals surface area contributed by atoms with Crippen LogP contribution in [0.2, 0.25) is 0 Å². The predicted octanol–water partition coefficient (Wildman–Crippen LogP) is 1.37. The molecule has 0 radical (unpaired) electrons. The van der Waals surface area contributed by atoms with E-state index in [0.717, 1.165) is 11.1 Å². The lowest BCUT2D eigenvalue weighted by Crippen LogP contribution is -2.56. The lowest BCUT2D eigenvalue weighted by Gasteiger charge is -2.36. The molecular weight excluding hydrogens is 536 g/mol. The van der Waals surface area contributed by atoms with Crippen LogP contribution in [0.15, 0.2) is 59.5 Å². The number of hydroxylamine groups is 1. The number of rotatable bonds is 11. The molecule has 11 nitrogen and oxygen atoms in total. The summed E-state index contributed by atoms with van der Waals surface area (Å²) >= 11 is 0. The number of hydrogen-bond donors (Lipinski definition) is 2. The number of benzene rings is 2. The van der Waals surface area contributed by atoms with E-state index in [9.17, 15) is 22.8 Å². The minimum absolute atomic E-state index is 0.100. The maximum absolute atomic E-state index is 13.4. The SMILES string of the molecule is Cc1ccc(S(=O)(=O)N2CCN(C(=O)[C@H](CC(C)C)NC(=O)[C@H]3O[C@@H]3C(=O)NOCc3ccccc3)CC2)cc1. The van der Waals surface area contributed by atoms with E-state index in [2.05, 4.69) is 10.8 Å². The standard InChI is InChI=1S/C28H36N4O7S/c1-19(2)17-23(29-26(33)24-25(39-24)27(34)30-38-18-21-7-5-4-6-8-21)28(35)31-13-15-32(16-14-31)40(36,37)22-11-9-20(3)10-12-22/h4-12,19,23-25H,13-18H2,1-3H3,(H,29,33)(H,30,34)/t23-,24-,25-/m0/s1. The molecule has 2 fully saturated rings. The quantitative estimate of drug-likeness (QED) is 0.307. The van der Waals surface area contributed by atoms with Gasteiger partial charge in [-0.2, -0.15) is 4.31 Å². The Kier molecular flexibility index (Phi) is 9.56. The first-order valence-corrected chi connectivity index (χ1v) is 14.8. The molecule has 0 bridgehead atoms. The normalized spacial score (nSPS) is 20.1. The van der Waals surface area contributed by atoms with Crippen molar-refractivity contribution in [2.24, 2.45) is 5.92 Å². The molecule has 2 aliphatic rings. The van der Waals surface area contributed by atoms with Gasteiger partial charge in [0.25, 0.3) is 11.8 Å². The van der Waals surface area contributed by atoms with Crippen molar-refractivity contribution in [3.8, 4) is 0 Å². The van der Waals surface area contributed by atoms with Crippen molar-refractivity contribution in [3.63, 3.8) is 0 Å². The summed E-state index contributed by atoms with van der Waals surface area (Å²) in [7, 11) is -3.67. The van der Waals surface area contributed by atoms with Gasteiger partial charge >= 0.3 is 0 Å². The number of amides is 3. The molecule has 2 N–H and O–H groups in total. The van der Waals surface area contributed by atoms with E-state index in [1.807, 2.05) is 51.1 Å². The van der Waals surface area contributed by atoms with Crippen LogP contribution in [0.1, 0.15) is 31.4 Å². The third kappa shape index (κ3) is 7.45. The van der Waals surface area contributed by atoms with E-state index in [1.54, 1.807) is 29.2 Å². The maximum atomic E-state index is 13.4. The van der Waals surface area contributed by atoms with Gasteiger partial charge in [-0.15, -0.1) is 0 Å². The first-order chi connectivity index (χ1) is 19.1. The second-order valence-corrected chi connectivity index (χ2v) is 12.4. The van der Waals surface area contributed by atoms with E-state index < -0.39 is 40.1 Å². The van der Waals surface area contributed by atoms with Crippen LogP contribution in [0, 0.1) is 12.8 Å². The number of ether oxygens (including phenoxy) is 1. The second-order valence-electron chi connectivity index (χ2n) is 10.5. The van der Waals surface area contributed by atoms with Crippen LogP contribution < -0.4 is 10.8 Å². The second kappa shape index (κ2) is 12.9. The lowest BCUT2D eigenvalue weighted by atomic mass is 10.0. The Hall–Kier alpha value is -3.32. The molecule has 2 heterocycles. The van der Waals surface area contributed by atoms with Crippen molar-refractivity contribution in [2.45, 2.75) is 56.9 Å². The zero-order valence-corrected chi connectivity index (χ0v) is 23.7. The summed E-state index contributed by atoms with van der Waals surface area (Å²) in [5.74, 6) is -1.32. The Morgan fingerprint density at radius 3 is 2.20 bits per heavy atom. The number of piperazine rings is 1. The van der Waals surface area contributed by atoms with Crippen LogP contribution in [0.25, 0.3) is 0 Å². The molecule has 216 valence electrons. The van der Waals surface area contributed by atoms with Gasteiger partial charge in [-0.3, -0.25) is 19.2 Å². The Balaban J connectivity index is 1.28. The smallest absolute Gasteiger partial charge is 0.275 e. The van der Waals surface area contributed by atoms with Crippen LogP contribution in [0.3, 0.4) is 0 Å². The molecule has 3 atom stereocenters. The van der Waals surface area contributed by atoms with Gasteiger partial charge in [0.2, 0.25) is 15.9 Å². The number of epoxide rings is 1. The fourth-order valence-electron chi connectivity index (χ4n) is 4.51. The van der Waals surface area contributed by atoms with E-state index in [1.165, 1.54) is 4.31 Å². The molecule has 0 aromatic heterocycles. The number of hydrogen-bond acceptors (Lipinski definition) is 7. The highest BCUT2D eigenvalue weighted by Gasteiger charge is 2.51. The van der Waals surface area contributed by atoms with Crippen molar-refractivity contribution in [3.05, 3.63) is 65.7 Å². The average molecular weight is 573 g/mol. The van der Waals surface area contributed by atoms with Gasteiger partial charge in [-0.1, -0.05) is 61.9 Å². The van der Waals surface area contributed by atoms with Crippen LogP contribution in [-0.2, 0) is 40.6 Å². The molecule has 12 heteroatoms. The number of nitrogens with one attached hydrogen (secondary N) is 2. The van der Waals surface area contributed by atoms with Gasteiger partial charge in [0.15, 0.2) is 12.2 Å². The zero-order valence-electron chi connectivity index (χ0n) is 22.9. The summed E-state index contributed by atoms with van der Waals surface area (Å²) in [4.78, 5) is 45.5. The van der Waals surface area contributed by atoms with Crippen molar-refractivity contribution >= 4 is 27.7 Å². The highest BCUT2D eigenvalue weighted by Crippen LogP contribution is 2.24. The number of carbonyl (C=O) groups is 3. The highest BCUT2D eigenvalue weighted by molar-refractivity contribution is 7.89. The topological polar surface area (TPSA) is 138 Å². The van der Waals surface area contributed by atoms with E-state index in [0.29, 0.717) is 6.42 Å². The number of sulfonamides is 1. The fourth-order valence-corrected chi connectivity index (χ4v) is 5.93. The van der Waals surface area contributed by atoms with Crippen molar-refractivity contribution in [1.29, 1.82) is 0 Å². The van der Waals surface area contributed by atoms with Gasteiger partial charge in [0, 0.05) is 26.2 Å². The highest BCUT2D eigenvalue weighted by atomic mass is 32.2. The first kappa shape index (κ1) is 29.7. The Labute approximate surface area is 234 Å². The molecule has 3 amide bonds. The molecular formula is C28H36N4O7S. The van der Waals surface area contributed by atoms with Gasteiger partial charge in [0.05, 0.1) is 11.5 Å². The summed E-state index contributed by atoms with van der Waals surface area (Å²) in [5, 5.41) is 2.74. The molecule has 0 unspecified atom stereocenters. The molecule has 0 aliphatic carbocycles. The van der Waals surface area contributed by atoms with Crippen LogP contribution in [0.5, 0.6) is 0 Å². The summed E-state index contributed by atoms with van der Waals surface area (Å²) in [5.41, 5.74) is 4.13. The molecule has 4 rings (SSSR count). The van der Waals surface area contributed by atoms with Crippen molar-refractivity contribution in [1.82, 2.24) is 20.0 Å².